The van der Waals surface area contributed by atoms with Gasteiger partial charge in [0.2, 0.25) is 5.91 Å². The number of benzene rings is 1. The molecule has 0 aromatic heterocycles. The molecule has 0 fully saturated rings. The zero-order valence-electron chi connectivity index (χ0n) is 10.2. The standard InChI is InChI=1S/C12H15ClN2O3/c1-3-11(16)14-8-5-6-9(13)10(7-8)15-12(17)18-4-2/h5-7H,3-4H2,1-2H3,(H,14,16)(H,15,17). The summed E-state index contributed by atoms with van der Waals surface area (Å²) in [6.07, 6.45) is -0.207. The van der Waals surface area contributed by atoms with Crippen molar-refractivity contribution in [3.05, 3.63) is 23.2 Å². The van der Waals surface area contributed by atoms with Gasteiger partial charge in [0, 0.05) is 12.1 Å². The van der Waals surface area contributed by atoms with Crippen molar-refractivity contribution in [2.24, 2.45) is 0 Å². The van der Waals surface area contributed by atoms with Gasteiger partial charge in [-0.2, -0.15) is 0 Å². The molecule has 0 aliphatic heterocycles. The maximum absolute atomic E-state index is 11.3. The van der Waals surface area contributed by atoms with Gasteiger partial charge >= 0.3 is 6.09 Å². The number of nitrogens with one attached hydrogen (secondary N) is 2. The lowest BCUT2D eigenvalue weighted by atomic mass is 10.2. The van der Waals surface area contributed by atoms with Crippen molar-refractivity contribution in [1.29, 1.82) is 0 Å². The van der Waals surface area contributed by atoms with Crippen LogP contribution in [0.4, 0.5) is 16.2 Å². The summed E-state index contributed by atoms with van der Waals surface area (Å²) in [5.74, 6) is -0.112. The molecule has 0 saturated carbocycles. The van der Waals surface area contributed by atoms with E-state index in [0.717, 1.165) is 0 Å². The highest BCUT2D eigenvalue weighted by Crippen LogP contribution is 2.25. The summed E-state index contributed by atoms with van der Waals surface area (Å²) in [5, 5.41) is 5.55. The predicted molar refractivity (Wildman–Crippen MR) is 71.0 cm³/mol. The summed E-state index contributed by atoms with van der Waals surface area (Å²) in [5.41, 5.74) is 0.960. The Morgan fingerprint density at radius 2 is 2.00 bits per heavy atom. The van der Waals surface area contributed by atoms with E-state index >= 15 is 0 Å². The van der Waals surface area contributed by atoms with Crippen molar-refractivity contribution in [3.8, 4) is 0 Å². The molecule has 2 amide bonds. The molecule has 0 aliphatic rings. The molecule has 0 atom stereocenters. The monoisotopic (exact) mass is 270 g/mol. The molecule has 0 aliphatic carbocycles. The Morgan fingerprint density at radius 3 is 2.61 bits per heavy atom. The number of anilines is 2. The molecule has 1 aromatic rings. The zero-order chi connectivity index (χ0) is 13.5. The number of hydrogen-bond donors (Lipinski definition) is 2. The van der Waals surface area contributed by atoms with Gasteiger partial charge in [0.1, 0.15) is 0 Å². The van der Waals surface area contributed by atoms with Crippen LogP contribution in [0.1, 0.15) is 20.3 Å². The highest BCUT2D eigenvalue weighted by Gasteiger charge is 2.08. The Kier molecular flexibility index (Phi) is 5.45. The fourth-order valence-corrected chi connectivity index (χ4v) is 1.39. The molecule has 0 spiro atoms. The fourth-order valence-electron chi connectivity index (χ4n) is 1.23. The first-order valence-corrected chi connectivity index (χ1v) is 5.97. The van der Waals surface area contributed by atoms with E-state index in [-0.39, 0.29) is 12.5 Å². The molecule has 6 heteroatoms. The summed E-state index contributed by atoms with van der Waals surface area (Å²) in [4.78, 5) is 22.5. The molecule has 0 saturated heterocycles. The molecule has 0 bridgehead atoms. The number of hydrogen-bond acceptors (Lipinski definition) is 3. The second kappa shape index (κ2) is 6.86. The van der Waals surface area contributed by atoms with E-state index in [0.29, 0.717) is 22.8 Å². The Morgan fingerprint density at radius 1 is 1.28 bits per heavy atom. The fraction of sp³-hybridized carbons (Fsp3) is 0.333. The van der Waals surface area contributed by atoms with E-state index in [9.17, 15) is 9.59 Å². The molecular weight excluding hydrogens is 256 g/mol. The van der Waals surface area contributed by atoms with E-state index in [1.54, 1.807) is 32.0 Å². The highest BCUT2D eigenvalue weighted by molar-refractivity contribution is 6.33. The molecular formula is C12H15ClN2O3. The van der Waals surface area contributed by atoms with Gasteiger partial charge in [-0.05, 0) is 25.1 Å². The number of carbonyl (C=O) groups is 2. The first kappa shape index (κ1) is 14.3. The SMILES string of the molecule is CCOC(=O)Nc1cc(NC(=O)CC)ccc1Cl. The molecule has 2 N–H and O–H groups in total. The van der Waals surface area contributed by atoms with Crippen LogP contribution in [0.5, 0.6) is 0 Å². The number of amides is 2. The predicted octanol–water partition coefficient (Wildman–Crippen LogP) is 3.26. The minimum absolute atomic E-state index is 0.112. The van der Waals surface area contributed by atoms with Crippen LogP contribution in [-0.2, 0) is 9.53 Å². The second-order valence-electron chi connectivity index (χ2n) is 3.44. The van der Waals surface area contributed by atoms with Crippen molar-refractivity contribution in [2.45, 2.75) is 20.3 Å². The van der Waals surface area contributed by atoms with Crippen molar-refractivity contribution in [2.75, 3.05) is 17.2 Å². The van der Waals surface area contributed by atoms with Gasteiger partial charge in [0.15, 0.2) is 0 Å². The molecule has 18 heavy (non-hydrogen) atoms. The third-order valence-corrected chi connectivity index (χ3v) is 2.41. The van der Waals surface area contributed by atoms with E-state index in [1.807, 2.05) is 0 Å². The van der Waals surface area contributed by atoms with Crippen molar-refractivity contribution < 1.29 is 14.3 Å². The van der Waals surface area contributed by atoms with E-state index in [2.05, 4.69) is 10.6 Å². The van der Waals surface area contributed by atoms with Crippen LogP contribution in [0.25, 0.3) is 0 Å². The van der Waals surface area contributed by atoms with Gasteiger partial charge in [-0.25, -0.2) is 4.79 Å². The number of rotatable bonds is 4. The van der Waals surface area contributed by atoms with Crippen LogP contribution >= 0.6 is 11.6 Å². The average molecular weight is 271 g/mol. The lowest BCUT2D eigenvalue weighted by Crippen LogP contribution is -2.14. The molecule has 0 unspecified atom stereocenters. The summed E-state index contributed by atoms with van der Waals surface area (Å²) in [7, 11) is 0. The quantitative estimate of drug-likeness (QED) is 0.882. The van der Waals surface area contributed by atoms with E-state index in [1.165, 1.54) is 0 Å². The Balaban J connectivity index is 2.80. The molecule has 5 nitrogen and oxygen atoms in total. The highest BCUT2D eigenvalue weighted by atomic mass is 35.5. The van der Waals surface area contributed by atoms with Crippen LogP contribution in [-0.4, -0.2) is 18.6 Å². The van der Waals surface area contributed by atoms with Crippen LogP contribution in [0.2, 0.25) is 5.02 Å². The summed E-state index contributed by atoms with van der Waals surface area (Å²) in [6.45, 7) is 3.73. The van der Waals surface area contributed by atoms with Gasteiger partial charge in [-0.15, -0.1) is 0 Å². The second-order valence-corrected chi connectivity index (χ2v) is 3.85. The van der Waals surface area contributed by atoms with Gasteiger partial charge in [0.25, 0.3) is 0 Å². The van der Waals surface area contributed by atoms with E-state index < -0.39 is 6.09 Å². The summed E-state index contributed by atoms with van der Waals surface area (Å²) < 4.78 is 4.75. The molecule has 1 rings (SSSR count). The third kappa shape index (κ3) is 4.25. The van der Waals surface area contributed by atoms with Gasteiger partial charge in [-0.1, -0.05) is 18.5 Å². The topological polar surface area (TPSA) is 67.4 Å². The third-order valence-electron chi connectivity index (χ3n) is 2.08. The molecule has 0 heterocycles. The molecule has 98 valence electrons. The average Bonchev–Trinajstić information content (AvgIpc) is 2.33. The summed E-state index contributed by atoms with van der Waals surface area (Å²) >= 11 is 5.93. The maximum atomic E-state index is 11.3. The van der Waals surface area contributed by atoms with Crippen LogP contribution in [0.3, 0.4) is 0 Å². The largest absolute Gasteiger partial charge is 0.450 e. The molecule has 1 aromatic carbocycles. The zero-order valence-corrected chi connectivity index (χ0v) is 11.0. The van der Waals surface area contributed by atoms with E-state index in [4.69, 9.17) is 16.3 Å². The first-order valence-electron chi connectivity index (χ1n) is 5.60. The molecule has 0 radical (unpaired) electrons. The first-order chi connectivity index (χ1) is 8.56. The normalized spacial score (nSPS) is 9.72. The Labute approximate surface area is 110 Å². The lowest BCUT2D eigenvalue weighted by molar-refractivity contribution is -0.115. The van der Waals surface area contributed by atoms with Gasteiger partial charge < -0.3 is 10.1 Å². The minimum Gasteiger partial charge on any atom is -0.450 e. The van der Waals surface area contributed by atoms with Crippen molar-refractivity contribution in [1.82, 2.24) is 0 Å². The van der Waals surface area contributed by atoms with Gasteiger partial charge in [-0.3, -0.25) is 10.1 Å². The minimum atomic E-state index is -0.585. The summed E-state index contributed by atoms with van der Waals surface area (Å²) in [6, 6.07) is 4.83. The van der Waals surface area contributed by atoms with Crippen molar-refractivity contribution in [3.63, 3.8) is 0 Å². The van der Waals surface area contributed by atoms with Crippen LogP contribution in [0.15, 0.2) is 18.2 Å². The van der Waals surface area contributed by atoms with Gasteiger partial charge in [0.05, 0.1) is 17.3 Å². The van der Waals surface area contributed by atoms with Crippen LogP contribution < -0.4 is 10.6 Å². The van der Waals surface area contributed by atoms with Crippen LogP contribution in [0, 0.1) is 0 Å². The van der Waals surface area contributed by atoms with Crippen molar-refractivity contribution >= 4 is 35.0 Å². The Bertz CT molecular complexity index is 449. The lowest BCUT2D eigenvalue weighted by Gasteiger charge is -2.10. The smallest absolute Gasteiger partial charge is 0.411 e. The Hall–Kier alpha value is -1.75. The number of ether oxygens (including phenoxy) is 1. The number of carbonyl (C=O) groups excluding carboxylic acids is 2. The number of halogens is 1. The maximum Gasteiger partial charge on any atom is 0.411 e.